The van der Waals surface area contributed by atoms with Gasteiger partial charge in [-0.2, -0.15) is 5.10 Å². The average molecular weight is 362 g/mol. The summed E-state index contributed by atoms with van der Waals surface area (Å²) in [5, 5.41) is 7.38. The largest absolute Gasteiger partial charge is 0.350 e. The number of likely N-dealkylation sites (N-methyl/N-ethyl adjacent to an activating group) is 1. The lowest BCUT2D eigenvalue weighted by Gasteiger charge is -2.30. The molecular formula is C22H26N4O. The minimum Gasteiger partial charge on any atom is -0.350 e. The number of carbonyl (C=O) groups excluding carboxylic acids is 1. The van der Waals surface area contributed by atoms with E-state index in [1.54, 1.807) is 17.1 Å². The van der Waals surface area contributed by atoms with Crippen molar-refractivity contribution in [1.82, 2.24) is 20.0 Å². The van der Waals surface area contributed by atoms with Crippen molar-refractivity contribution in [2.75, 3.05) is 19.6 Å². The van der Waals surface area contributed by atoms with Crippen LogP contribution in [0.3, 0.4) is 0 Å². The van der Waals surface area contributed by atoms with Crippen molar-refractivity contribution in [2.24, 2.45) is 0 Å². The van der Waals surface area contributed by atoms with Crippen molar-refractivity contribution in [3.63, 3.8) is 0 Å². The van der Waals surface area contributed by atoms with Gasteiger partial charge in [-0.3, -0.25) is 9.69 Å². The molecule has 1 amide bonds. The highest BCUT2D eigenvalue weighted by molar-refractivity contribution is 5.93. The van der Waals surface area contributed by atoms with Crippen LogP contribution < -0.4 is 5.32 Å². The second-order valence-corrected chi connectivity index (χ2v) is 6.37. The van der Waals surface area contributed by atoms with Crippen LogP contribution in [0.1, 0.15) is 35.8 Å². The minimum absolute atomic E-state index is 0.106. The Bertz CT molecular complexity index is 841. The fraction of sp³-hybridized carbons (Fsp3) is 0.273. The van der Waals surface area contributed by atoms with Crippen molar-refractivity contribution in [3.05, 3.63) is 84.2 Å². The standard InChI is InChI=1S/C22H26N4O/c1-3-25(4-2)21(18-11-7-5-8-12-18)16-23-22(27)19-15-24-26(17-19)20-13-9-6-10-14-20/h5-15,17,21H,3-4,16H2,1-2H3,(H,23,27). The molecule has 1 N–H and O–H groups in total. The number of hydrogen-bond donors (Lipinski definition) is 1. The molecule has 1 aromatic heterocycles. The topological polar surface area (TPSA) is 50.2 Å². The van der Waals surface area contributed by atoms with Crippen LogP contribution in [0.25, 0.3) is 5.69 Å². The highest BCUT2D eigenvalue weighted by Gasteiger charge is 2.19. The van der Waals surface area contributed by atoms with Crippen molar-refractivity contribution >= 4 is 5.91 Å². The molecule has 140 valence electrons. The predicted octanol–water partition coefficient (Wildman–Crippen LogP) is 3.69. The van der Waals surface area contributed by atoms with E-state index in [1.807, 2.05) is 48.5 Å². The summed E-state index contributed by atoms with van der Waals surface area (Å²) in [6.07, 6.45) is 3.37. The Morgan fingerprint density at radius 3 is 2.30 bits per heavy atom. The summed E-state index contributed by atoms with van der Waals surface area (Å²) >= 11 is 0. The molecule has 0 saturated heterocycles. The van der Waals surface area contributed by atoms with Gasteiger partial charge in [-0.1, -0.05) is 62.4 Å². The van der Waals surface area contributed by atoms with Crippen LogP contribution in [-0.2, 0) is 0 Å². The van der Waals surface area contributed by atoms with Crippen LogP contribution >= 0.6 is 0 Å². The van der Waals surface area contributed by atoms with Gasteiger partial charge in [0, 0.05) is 12.7 Å². The molecule has 1 heterocycles. The number of hydrogen-bond acceptors (Lipinski definition) is 3. The number of para-hydroxylation sites is 1. The Balaban J connectivity index is 1.70. The third-order valence-corrected chi connectivity index (χ3v) is 4.76. The Labute approximate surface area is 160 Å². The quantitative estimate of drug-likeness (QED) is 0.665. The molecule has 2 aromatic carbocycles. The molecule has 1 atom stereocenters. The summed E-state index contributed by atoms with van der Waals surface area (Å²) in [4.78, 5) is 15.0. The van der Waals surface area contributed by atoms with E-state index >= 15 is 0 Å². The molecular weight excluding hydrogens is 336 g/mol. The van der Waals surface area contributed by atoms with Gasteiger partial charge in [0.05, 0.1) is 23.5 Å². The molecule has 5 heteroatoms. The number of nitrogens with zero attached hydrogens (tertiary/aromatic N) is 3. The smallest absolute Gasteiger partial charge is 0.254 e. The van der Waals surface area contributed by atoms with Gasteiger partial charge in [-0.25, -0.2) is 4.68 Å². The van der Waals surface area contributed by atoms with Crippen molar-refractivity contribution in [3.8, 4) is 5.69 Å². The summed E-state index contributed by atoms with van der Waals surface area (Å²) in [5.74, 6) is -0.106. The minimum atomic E-state index is -0.106. The molecule has 3 rings (SSSR count). The Kier molecular flexibility index (Phi) is 6.39. The van der Waals surface area contributed by atoms with E-state index in [0.29, 0.717) is 12.1 Å². The molecule has 0 radical (unpaired) electrons. The lowest BCUT2D eigenvalue weighted by molar-refractivity contribution is 0.0935. The molecule has 1 unspecified atom stereocenters. The zero-order valence-corrected chi connectivity index (χ0v) is 15.9. The fourth-order valence-corrected chi connectivity index (χ4v) is 3.25. The Morgan fingerprint density at radius 1 is 1.04 bits per heavy atom. The Hall–Kier alpha value is -2.92. The van der Waals surface area contributed by atoms with Crippen molar-refractivity contribution < 1.29 is 4.79 Å². The van der Waals surface area contributed by atoms with Gasteiger partial charge in [0.15, 0.2) is 0 Å². The zero-order valence-electron chi connectivity index (χ0n) is 15.9. The second kappa shape index (κ2) is 9.14. The first-order valence-electron chi connectivity index (χ1n) is 9.40. The third-order valence-electron chi connectivity index (χ3n) is 4.76. The van der Waals surface area contributed by atoms with Gasteiger partial charge in [0.25, 0.3) is 5.91 Å². The van der Waals surface area contributed by atoms with E-state index < -0.39 is 0 Å². The molecule has 0 aliphatic heterocycles. The molecule has 0 saturated carbocycles. The van der Waals surface area contributed by atoms with Crippen LogP contribution in [0.15, 0.2) is 73.1 Å². The number of carbonyl (C=O) groups is 1. The first kappa shape index (κ1) is 18.9. The van der Waals surface area contributed by atoms with Crippen molar-refractivity contribution in [1.29, 1.82) is 0 Å². The molecule has 3 aromatic rings. The monoisotopic (exact) mass is 362 g/mol. The number of aromatic nitrogens is 2. The number of rotatable bonds is 8. The van der Waals surface area contributed by atoms with E-state index in [1.165, 1.54) is 5.56 Å². The van der Waals surface area contributed by atoms with Gasteiger partial charge >= 0.3 is 0 Å². The van der Waals surface area contributed by atoms with Gasteiger partial charge in [-0.15, -0.1) is 0 Å². The normalized spacial score (nSPS) is 12.1. The van der Waals surface area contributed by atoms with E-state index in [-0.39, 0.29) is 11.9 Å². The van der Waals surface area contributed by atoms with E-state index in [2.05, 4.69) is 41.3 Å². The van der Waals surface area contributed by atoms with Gasteiger partial charge in [0.1, 0.15) is 0 Å². The predicted molar refractivity (Wildman–Crippen MR) is 108 cm³/mol. The molecule has 27 heavy (non-hydrogen) atoms. The van der Waals surface area contributed by atoms with Crippen LogP contribution in [0.4, 0.5) is 0 Å². The molecule has 0 bridgehead atoms. The summed E-state index contributed by atoms with van der Waals surface area (Å²) < 4.78 is 1.72. The zero-order chi connectivity index (χ0) is 19.1. The van der Waals surface area contributed by atoms with Gasteiger partial charge in [-0.05, 0) is 30.8 Å². The number of amides is 1. The van der Waals surface area contributed by atoms with Gasteiger partial charge < -0.3 is 5.32 Å². The van der Waals surface area contributed by atoms with Crippen LogP contribution in [-0.4, -0.2) is 40.2 Å². The van der Waals surface area contributed by atoms with Crippen LogP contribution in [0, 0.1) is 0 Å². The lowest BCUT2D eigenvalue weighted by atomic mass is 10.0. The fourth-order valence-electron chi connectivity index (χ4n) is 3.25. The summed E-state index contributed by atoms with van der Waals surface area (Å²) in [6, 6.07) is 20.2. The molecule has 0 fully saturated rings. The molecule has 0 spiro atoms. The second-order valence-electron chi connectivity index (χ2n) is 6.37. The SMILES string of the molecule is CCN(CC)C(CNC(=O)c1cnn(-c2ccccc2)c1)c1ccccc1. The molecule has 0 aliphatic carbocycles. The summed E-state index contributed by atoms with van der Waals surface area (Å²) in [5.41, 5.74) is 2.70. The summed E-state index contributed by atoms with van der Waals surface area (Å²) in [6.45, 7) is 6.70. The van der Waals surface area contributed by atoms with E-state index in [0.717, 1.165) is 18.8 Å². The van der Waals surface area contributed by atoms with E-state index in [9.17, 15) is 4.79 Å². The maximum absolute atomic E-state index is 12.6. The first-order chi connectivity index (χ1) is 13.2. The first-order valence-corrected chi connectivity index (χ1v) is 9.40. The maximum Gasteiger partial charge on any atom is 0.254 e. The van der Waals surface area contributed by atoms with E-state index in [4.69, 9.17) is 0 Å². The molecule has 5 nitrogen and oxygen atoms in total. The number of nitrogens with one attached hydrogen (secondary N) is 1. The summed E-state index contributed by atoms with van der Waals surface area (Å²) in [7, 11) is 0. The Morgan fingerprint density at radius 2 is 1.67 bits per heavy atom. The van der Waals surface area contributed by atoms with Crippen molar-refractivity contribution in [2.45, 2.75) is 19.9 Å². The number of benzene rings is 2. The average Bonchev–Trinajstić information content (AvgIpc) is 3.22. The maximum atomic E-state index is 12.6. The van der Waals surface area contributed by atoms with Gasteiger partial charge in [0.2, 0.25) is 0 Å². The van der Waals surface area contributed by atoms with Crippen LogP contribution in [0.2, 0.25) is 0 Å². The van der Waals surface area contributed by atoms with Crippen LogP contribution in [0.5, 0.6) is 0 Å². The molecule has 0 aliphatic rings. The highest BCUT2D eigenvalue weighted by atomic mass is 16.1. The lowest BCUT2D eigenvalue weighted by Crippen LogP contribution is -2.38. The third kappa shape index (κ3) is 4.63. The highest BCUT2D eigenvalue weighted by Crippen LogP contribution is 2.19.